The fourth-order valence-electron chi connectivity index (χ4n) is 4.28. The molecule has 2 N–H and O–H groups in total. The van der Waals surface area contributed by atoms with Crippen molar-refractivity contribution in [3.63, 3.8) is 0 Å². The number of esters is 1. The Morgan fingerprint density at radius 1 is 1.06 bits per heavy atom. The number of pyridine rings is 1. The van der Waals surface area contributed by atoms with Gasteiger partial charge in [-0.2, -0.15) is 0 Å². The molecular formula is C28H30ClN3O3. The highest BCUT2D eigenvalue weighted by Gasteiger charge is 2.23. The molecule has 6 nitrogen and oxygen atoms in total. The number of nitrogens with one attached hydrogen (secondary N) is 2. The molecule has 0 bridgehead atoms. The predicted octanol–water partition coefficient (Wildman–Crippen LogP) is 4.78. The summed E-state index contributed by atoms with van der Waals surface area (Å²) in [6.07, 6.45) is 5.46. The van der Waals surface area contributed by atoms with E-state index in [0.29, 0.717) is 17.0 Å². The molecule has 0 fully saturated rings. The second-order valence-corrected chi connectivity index (χ2v) is 9.15. The number of carbonyl (C=O) groups is 2. The quantitative estimate of drug-likeness (QED) is 0.421. The van der Waals surface area contributed by atoms with Crippen molar-refractivity contribution in [3.05, 3.63) is 93.6 Å². The molecule has 4 rings (SSSR count). The predicted molar refractivity (Wildman–Crippen MR) is 138 cm³/mol. The number of ether oxygens (including phenoxy) is 1. The first-order chi connectivity index (χ1) is 17.0. The first-order valence-corrected chi connectivity index (χ1v) is 12.3. The van der Waals surface area contributed by atoms with Gasteiger partial charge in [0.15, 0.2) is 0 Å². The van der Waals surface area contributed by atoms with Crippen molar-refractivity contribution in [2.75, 3.05) is 19.0 Å². The van der Waals surface area contributed by atoms with Gasteiger partial charge in [0.1, 0.15) is 11.9 Å². The number of methoxy groups -OCH3 is 1. The SMILES string of the molecule is COC(=O)[C@H](Cc1ccc(CCCc2ccc3c(n2)NCCC3)cc1)NC(=O)c1ccccc1Cl. The van der Waals surface area contributed by atoms with Crippen LogP contribution in [-0.4, -0.2) is 36.6 Å². The zero-order valence-corrected chi connectivity index (χ0v) is 20.6. The maximum Gasteiger partial charge on any atom is 0.328 e. The molecule has 35 heavy (non-hydrogen) atoms. The topological polar surface area (TPSA) is 80.3 Å². The van der Waals surface area contributed by atoms with Crippen LogP contribution < -0.4 is 10.6 Å². The number of aryl methyl sites for hydroxylation is 3. The molecule has 0 radical (unpaired) electrons. The lowest BCUT2D eigenvalue weighted by molar-refractivity contribution is -0.142. The summed E-state index contributed by atoms with van der Waals surface area (Å²) in [5, 5.41) is 6.48. The van der Waals surface area contributed by atoms with Crippen LogP contribution in [-0.2, 0) is 35.2 Å². The Morgan fingerprint density at radius 3 is 2.60 bits per heavy atom. The van der Waals surface area contributed by atoms with Crippen LogP contribution in [0.3, 0.4) is 0 Å². The number of hydrogen-bond acceptors (Lipinski definition) is 5. The van der Waals surface area contributed by atoms with Gasteiger partial charge >= 0.3 is 5.97 Å². The van der Waals surface area contributed by atoms with Gasteiger partial charge in [-0.3, -0.25) is 4.79 Å². The summed E-state index contributed by atoms with van der Waals surface area (Å²) in [5.74, 6) is 0.134. The Bertz CT molecular complexity index is 1180. The van der Waals surface area contributed by atoms with Crippen LogP contribution in [0.4, 0.5) is 5.82 Å². The molecule has 182 valence electrons. The summed E-state index contributed by atoms with van der Waals surface area (Å²) < 4.78 is 4.91. The molecular weight excluding hydrogens is 462 g/mol. The molecule has 0 unspecified atom stereocenters. The minimum atomic E-state index is -0.807. The number of nitrogens with zero attached hydrogens (tertiary/aromatic N) is 1. The van der Waals surface area contributed by atoms with Crippen molar-refractivity contribution >= 4 is 29.3 Å². The normalized spacial score (nSPS) is 13.3. The molecule has 0 aliphatic carbocycles. The van der Waals surface area contributed by atoms with Gasteiger partial charge in [0, 0.05) is 18.7 Å². The Labute approximate surface area is 211 Å². The fraction of sp³-hybridized carbons (Fsp3) is 0.321. The lowest BCUT2D eigenvalue weighted by atomic mass is 10.0. The number of benzene rings is 2. The first kappa shape index (κ1) is 24.7. The van der Waals surface area contributed by atoms with Crippen molar-refractivity contribution in [3.8, 4) is 0 Å². The second kappa shape index (κ2) is 11.8. The van der Waals surface area contributed by atoms with E-state index in [2.05, 4.69) is 34.9 Å². The Morgan fingerprint density at radius 2 is 1.83 bits per heavy atom. The van der Waals surface area contributed by atoms with Gasteiger partial charge in [0.25, 0.3) is 5.91 Å². The lowest BCUT2D eigenvalue weighted by Gasteiger charge is -2.17. The molecule has 0 spiro atoms. The van der Waals surface area contributed by atoms with Crippen LogP contribution in [0.15, 0.2) is 60.7 Å². The molecule has 0 saturated carbocycles. The van der Waals surface area contributed by atoms with E-state index < -0.39 is 17.9 Å². The summed E-state index contributed by atoms with van der Waals surface area (Å²) in [6.45, 7) is 0.996. The van der Waals surface area contributed by atoms with E-state index in [4.69, 9.17) is 21.3 Å². The molecule has 1 aliphatic rings. The lowest BCUT2D eigenvalue weighted by Crippen LogP contribution is -2.43. The zero-order chi connectivity index (χ0) is 24.6. The standard InChI is InChI=1S/C28H30ClN3O3/c1-35-28(34)25(32-27(33)23-9-2-3-10-24(23)29)18-20-13-11-19(12-14-20)6-4-8-22-16-15-21-7-5-17-30-26(21)31-22/h2-3,9-16,25H,4-8,17-18H2,1H3,(H,30,31)(H,32,33)/t25-/m0/s1. The van der Waals surface area contributed by atoms with Crippen LogP contribution in [0.1, 0.15) is 45.6 Å². The van der Waals surface area contributed by atoms with Gasteiger partial charge in [-0.05, 0) is 67.0 Å². The van der Waals surface area contributed by atoms with Crippen LogP contribution in [0, 0.1) is 0 Å². The monoisotopic (exact) mass is 491 g/mol. The number of amides is 1. The van der Waals surface area contributed by atoms with Gasteiger partial charge in [0.05, 0.1) is 17.7 Å². The van der Waals surface area contributed by atoms with E-state index in [1.54, 1.807) is 24.3 Å². The molecule has 1 aromatic heterocycles. The van der Waals surface area contributed by atoms with Gasteiger partial charge in [0.2, 0.25) is 0 Å². The average molecular weight is 492 g/mol. The van der Waals surface area contributed by atoms with Crippen molar-refractivity contribution < 1.29 is 14.3 Å². The van der Waals surface area contributed by atoms with Gasteiger partial charge < -0.3 is 15.4 Å². The summed E-state index contributed by atoms with van der Waals surface area (Å²) >= 11 is 6.12. The molecule has 3 aromatic rings. The number of fused-ring (bicyclic) bond motifs is 1. The third-order valence-electron chi connectivity index (χ3n) is 6.22. The molecule has 1 aliphatic heterocycles. The van der Waals surface area contributed by atoms with E-state index in [-0.39, 0.29) is 0 Å². The highest BCUT2D eigenvalue weighted by molar-refractivity contribution is 6.33. The van der Waals surface area contributed by atoms with Crippen molar-refractivity contribution in [1.82, 2.24) is 10.3 Å². The summed E-state index contributed by atoms with van der Waals surface area (Å²) in [7, 11) is 1.31. The Hall–Kier alpha value is -3.38. The Kier molecular flexibility index (Phi) is 8.37. The van der Waals surface area contributed by atoms with Gasteiger partial charge in [-0.15, -0.1) is 0 Å². The average Bonchev–Trinajstić information content (AvgIpc) is 2.89. The maximum absolute atomic E-state index is 12.6. The van der Waals surface area contributed by atoms with Crippen molar-refractivity contribution in [1.29, 1.82) is 0 Å². The van der Waals surface area contributed by atoms with Crippen LogP contribution >= 0.6 is 11.6 Å². The summed E-state index contributed by atoms with van der Waals surface area (Å²) in [5.41, 5.74) is 4.90. The van der Waals surface area contributed by atoms with Gasteiger partial charge in [-0.1, -0.05) is 54.1 Å². The third kappa shape index (κ3) is 6.61. The van der Waals surface area contributed by atoms with Crippen molar-refractivity contribution in [2.45, 2.75) is 44.6 Å². The highest BCUT2D eigenvalue weighted by Crippen LogP contribution is 2.21. The molecule has 1 amide bonds. The smallest absolute Gasteiger partial charge is 0.328 e. The van der Waals surface area contributed by atoms with E-state index in [0.717, 1.165) is 55.7 Å². The van der Waals surface area contributed by atoms with Crippen LogP contribution in [0.25, 0.3) is 0 Å². The molecule has 0 saturated heterocycles. The van der Waals surface area contributed by atoms with Crippen LogP contribution in [0.2, 0.25) is 5.02 Å². The highest BCUT2D eigenvalue weighted by atomic mass is 35.5. The number of rotatable bonds is 9. The van der Waals surface area contributed by atoms with Gasteiger partial charge in [-0.25, -0.2) is 9.78 Å². The van der Waals surface area contributed by atoms with Crippen molar-refractivity contribution in [2.24, 2.45) is 0 Å². The van der Waals surface area contributed by atoms with Crippen LogP contribution in [0.5, 0.6) is 0 Å². The minimum absolute atomic E-state index is 0.322. The number of carbonyl (C=O) groups excluding carboxylic acids is 2. The molecule has 2 aromatic carbocycles. The first-order valence-electron chi connectivity index (χ1n) is 12.0. The second-order valence-electron chi connectivity index (χ2n) is 8.74. The Balaban J connectivity index is 1.32. The number of hydrogen-bond donors (Lipinski definition) is 2. The number of anilines is 1. The number of halogens is 1. The maximum atomic E-state index is 12.6. The molecule has 7 heteroatoms. The fourth-order valence-corrected chi connectivity index (χ4v) is 4.50. The zero-order valence-electron chi connectivity index (χ0n) is 19.9. The summed E-state index contributed by atoms with van der Waals surface area (Å²) in [6, 6.07) is 18.4. The minimum Gasteiger partial charge on any atom is -0.467 e. The van der Waals surface area contributed by atoms with E-state index in [9.17, 15) is 9.59 Å². The summed E-state index contributed by atoms with van der Waals surface area (Å²) in [4.78, 5) is 29.7. The number of aromatic nitrogens is 1. The van der Waals surface area contributed by atoms with E-state index in [1.165, 1.54) is 18.2 Å². The molecule has 1 atom stereocenters. The van der Waals surface area contributed by atoms with E-state index >= 15 is 0 Å². The third-order valence-corrected chi connectivity index (χ3v) is 6.55. The molecule has 2 heterocycles. The van der Waals surface area contributed by atoms with E-state index in [1.807, 2.05) is 12.1 Å². The largest absolute Gasteiger partial charge is 0.467 e.